The van der Waals surface area contributed by atoms with Gasteiger partial charge in [0.25, 0.3) is 5.56 Å². The number of aliphatic hydroxyl groups excluding tert-OH is 1. The number of hydrogen-bond acceptors (Lipinski definition) is 8. The summed E-state index contributed by atoms with van der Waals surface area (Å²) in [5.41, 5.74) is -3.69. The fraction of sp³-hybridized carbons (Fsp3) is 0.667. The summed E-state index contributed by atoms with van der Waals surface area (Å²) < 4.78 is 27.2. The fourth-order valence-corrected chi connectivity index (χ4v) is 3.58. The topological polar surface area (TPSA) is 181 Å². The Morgan fingerprint density at radius 2 is 2.08 bits per heavy atom. The molecule has 1 saturated heterocycles. The number of rotatable bonds is 6. The van der Waals surface area contributed by atoms with Crippen LogP contribution in [0.3, 0.4) is 0 Å². The number of nitrogens with one attached hydrogen (secondary N) is 1. The summed E-state index contributed by atoms with van der Waals surface area (Å²) in [6.45, 7) is 0.700. The average Bonchev–Trinajstić information content (AvgIpc) is 2.76. The van der Waals surface area contributed by atoms with E-state index in [2.05, 4.69) is 4.52 Å². The van der Waals surface area contributed by atoms with Gasteiger partial charge in [0.2, 0.25) is 11.5 Å². The van der Waals surface area contributed by atoms with Gasteiger partial charge >= 0.3 is 13.5 Å². The van der Waals surface area contributed by atoms with E-state index in [4.69, 9.17) is 19.3 Å². The highest BCUT2D eigenvalue weighted by Gasteiger charge is 2.69. The molecule has 0 spiro atoms. The van der Waals surface area contributed by atoms with Crippen LogP contribution in [0.15, 0.2) is 21.9 Å². The summed E-state index contributed by atoms with van der Waals surface area (Å²) in [7, 11) is -4.10. The maximum Gasteiger partial charge on any atom is 0.470 e. The summed E-state index contributed by atoms with van der Waals surface area (Å²) >= 11 is 0. The van der Waals surface area contributed by atoms with E-state index >= 15 is 0 Å². The average molecular weight is 382 g/mol. The van der Waals surface area contributed by atoms with Gasteiger partial charge in [0, 0.05) is 19.4 Å². The molecule has 1 aliphatic rings. The third kappa shape index (κ3) is 3.23. The van der Waals surface area contributed by atoms with Gasteiger partial charge < -0.3 is 29.5 Å². The number of aromatic nitrogens is 2. The van der Waals surface area contributed by atoms with Crippen LogP contribution in [0.4, 0.5) is 0 Å². The van der Waals surface area contributed by atoms with Gasteiger partial charge in [-0.05, 0) is 6.42 Å². The molecule has 2 rings (SSSR count). The lowest BCUT2D eigenvalue weighted by atomic mass is 9.95. The van der Waals surface area contributed by atoms with Crippen LogP contribution in [0.5, 0.6) is 0 Å². The molecule has 1 aliphatic heterocycles. The molecule has 142 valence electrons. The van der Waals surface area contributed by atoms with Gasteiger partial charge in [0.05, 0.1) is 6.61 Å². The smallest absolute Gasteiger partial charge is 0.394 e. The first-order chi connectivity index (χ1) is 11.5. The minimum absolute atomic E-state index is 0.138. The van der Waals surface area contributed by atoms with Crippen LogP contribution in [0, 0.1) is 0 Å². The molecule has 25 heavy (non-hydrogen) atoms. The molecule has 4 atom stereocenters. The van der Waals surface area contributed by atoms with Crippen LogP contribution in [-0.4, -0.2) is 61.3 Å². The molecule has 0 bridgehead atoms. The molecule has 0 amide bonds. The molecule has 0 radical (unpaired) electrons. The first kappa shape index (κ1) is 19.9. The van der Waals surface area contributed by atoms with Gasteiger partial charge in [-0.1, -0.05) is 6.92 Å². The molecule has 0 saturated carbocycles. The van der Waals surface area contributed by atoms with Crippen molar-refractivity contribution in [2.24, 2.45) is 0 Å². The molecule has 1 fully saturated rings. The molecule has 0 unspecified atom stereocenters. The summed E-state index contributed by atoms with van der Waals surface area (Å²) in [4.78, 5) is 43.6. The minimum atomic E-state index is -5.11. The standard InChI is InChI=1S/C12H19N2O10P/c1-3-11(14-5-4-8(16)13-10(14)17)12(18,22-2)9(7(6-15)23-11)24-25(19,20)21/h4-5,7,9,15,18H,3,6H2,1-2H3,(H,13,16,17)(H2,19,20,21)/t7-,9-,11-,12+/m1/s1. The fourth-order valence-electron chi connectivity index (χ4n) is 3.00. The number of phosphoric ester groups is 1. The van der Waals surface area contributed by atoms with Gasteiger partial charge in [-0.2, -0.15) is 0 Å². The maximum atomic E-state index is 12.2. The Morgan fingerprint density at radius 3 is 2.52 bits per heavy atom. The number of phosphoric acid groups is 1. The third-order valence-electron chi connectivity index (χ3n) is 4.06. The number of nitrogens with zero attached hydrogens (tertiary/aromatic N) is 1. The molecule has 12 nitrogen and oxygen atoms in total. The highest BCUT2D eigenvalue weighted by Crippen LogP contribution is 2.52. The van der Waals surface area contributed by atoms with Crippen molar-refractivity contribution in [2.45, 2.75) is 37.1 Å². The van der Waals surface area contributed by atoms with E-state index < -0.39 is 49.4 Å². The Labute approximate surface area is 140 Å². The molecule has 0 aliphatic carbocycles. The number of aromatic amines is 1. The van der Waals surface area contributed by atoms with Crippen LogP contribution in [0.1, 0.15) is 13.3 Å². The third-order valence-corrected chi connectivity index (χ3v) is 4.57. The van der Waals surface area contributed by atoms with Crippen molar-refractivity contribution in [1.82, 2.24) is 9.55 Å². The van der Waals surface area contributed by atoms with Crippen molar-refractivity contribution in [3.05, 3.63) is 33.1 Å². The second-order valence-electron chi connectivity index (χ2n) is 5.37. The number of aliphatic hydroxyl groups is 2. The molecule has 2 heterocycles. The van der Waals surface area contributed by atoms with Gasteiger partial charge in [0.15, 0.2) is 6.10 Å². The Morgan fingerprint density at radius 1 is 1.44 bits per heavy atom. The van der Waals surface area contributed by atoms with Gasteiger partial charge in [-0.3, -0.25) is 18.9 Å². The first-order valence-corrected chi connectivity index (χ1v) is 8.70. The largest absolute Gasteiger partial charge is 0.470 e. The molecule has 0 aromatic carbocycles. The number of ether oxygens (including phenoxy) is 2. The number of hydrogen-bond donors (Lipinski definition) is 5. The maximum absolute atomic E-state index is 12.2. The van der Waals surface area contributed by atoms with E-state index in [0.717, 1.165) is 23.9 Å². The minimum Gasteiger partial charge on any atom is -0.394 e. The summed E-state index contributed by atoms with van der Waals surface area (Å²) in [5.74, 6) is -2.57. The molecule has 1 aromatic rings. The normalized spacial score (nSPS) is 32.9. The van der Waals surface area contributed by atoms with E-state index in [-0.39, 0.29) is 6.42 Å². The first-order valence-electron chi connectivity index (χ1n) is 7.17. The van der Waals surface area contributed by atoms with Crippen molar-refractivity contribution in [2.75, 3.05) is 13.7 Å². The highest BCUT2D eigenvalue weighted by atomic mass is 31.2. The summed E-state index contributed by atoms with van der Waals surface area (Å²) in [5, 5.41) is 20.5. The van der Waals surface area contributed by atoms with Crippen molar-refractivity contribution in [1.29, 1.82) is 0 Å². The molecular formula is C12H19N2O10P. The van der Waals surface area contributed by atoms with Crippen molar-refractivity contribution in [3.63, 3.8) is 0 Å². The molecule has 1 aromatic heterocycles. The second-order valence-corrected chi connectivity index (χ2v) is 6.57. The zero-order chi connectivity index (χ0) is 19.0. The highest BCUT2D eigenvalue weighted by molar-refractivity contribution is 7.46. The number of H-pyrrole nitrogens is 1. The summed E-state index contributed by atoms with van der Waals surface area (Å²) in [6.07, 6.45) is -2.37. The second kappa shape index (κ2) is 6.74. The van der Waals surface area contributed by atoms with E-state index in [1.165, 1.54) is 6.92 Å². The summed E-state index contributed by atoms with van der Waals surface area (Å²) in [6, 6.07) is 0.989. The van der Waals surface area contributed by atoms with Gasteiger partial charge in [0.1, 0.15) is 6.10 Å². The lowest BCUT2D eigenvalue weighted by molar-refractivity contribution is -0.313. The van der Waals surface area contributed by atoms with Gasteiger partial charge in [-0.15, -0.1) is 0 Å². The van der Waals surface area contributed by atoms with Crippen LogP contribution in [-0.2, 0) is 24.3 Å². The Kier molecular flexibility index (Phi) is 5.38. The quantitative estimate of drug-likeness (QED) is 0.268. The van der Waals surface area contributed by atoms with Crippen LogP contribution < -0.4 is 11.2 Å². The Hall–Kier alpha value is -1.37. The van der Waals surface area contributed by atoms with E-state index in [0.29, 0.717) is 0 Å². The van der Waals surface area contributed by atoms with Crippen LogP contribution >= 0.6 is 7.82 Å². The lowest BCUT2D eigenvalue weighted by Gasteiger charge is -2.41. The van der Waals surface area contributed by atoms with Crippen LogP contribution in [0.25, 0.3) is 0 Å². The van der Waals surface area contributed by atoms with Crippen molar-refractivity contribution in [3.8, 4) is 0 Å². The van der Waals surface area contributed by atoms with E-state index in [1.807, 2.05) is 4.98 Å². The molecule has 13 heteroatoms. The predicted molar refractivity (Wildman–Crippen MR) is 80.4 cm³/mol. The van der Waals surface area contributed by atoms with Crippen molar-refractivity contribution >= 4 is 7.82 Å². The zero-order valence-electron chi connectivity index (χ0n) is 13.4. The molecular weight excluding hydrogens is 363 g/mol. The van der Waals surface area contributed by atoms with E-state index in [9.17, 15) is 24.4 Å². The van der Waals surface area contributed by atoms with E-state index in [1.54, 1.807) is 0 Å². The zero-order valence-corrected chi connectivity index (χ0v) is 14.3. The Balaban J connectivity index is 2.70. The predicted octanol–water partition coefficient (Wildman–Crippen LogP) is -2.20. The van der Waals surface area contributed by atoms with Crippen LogP contribution in [0.2, 0.25) is 0 Å². The van der Waals surface area contributed by atoms with Gasteiger partial charge in [-0.25, -0.2) is 9.36 Å². The van der Waals surface area contributed by atoms with Crippen molar-refractivity contribution < 1.29 is 38.6 Å². The lowest BCUT2D eigenvalue weighted by Crippen LogP contribution is -2.61. The SMILES string of the molecule is CC[C@@]1(n2ccc(=O)[nH]c2=O)O[C@H](CO)[C@@H](OP(=O)(O)O)[C@]1(O)OC. The molecule has 5 N–H and O–H groups in total. The number of methoxy groups -OCH3 is 1. The monoisotopic (exact) mass is 382 g/mol. The Bertz CT molecular complexity index is 787.